The van der Waals surface area contributed by atoms with Gasteiger partial charge in [-0.3, -0.25) is 9.00 Å². The van der Waals surface area contributed by atoms with Crippen molar-refractivity contribution in [2.45, 2.75) is 52.9 Å². The van der Waals surface area contributed by atoms with E-state index in [1.807, 2.05) is 33.0 Å². The van der Waals surface area contributed by atoms with E-state index in [1.165, 1.54) is 19.3 Å². The van der Waals surface area contributed by atoms with Crippen molar-refractivity contribution in [2.75, 3.05) is 12.5 Å². The number of rotatable bonds is 4. The minimum Gasteiger partial charge on any atom is -0.293 e. The number of carbonyl (C=O) groups is 1. The minimum atomic E-state index is -2.44. The molecule has 0 radical (unpaired) electrons. The van der Waals surface area contributed by atoms with Crippen molar-refractivity contribution >= 4 is 25.9 Å². The lowest BCUT2D eigenvalue weighted by molar-refractivity contribution is -0.119. The summed E-state index contributed by atoms with van der Waals surface area (Å²) in [6, 6.07) is 1.83. The molecule has 5 heteroatoms. The third-order valence-electron chi connectivity index (χ3n) is 4.41. The van der Waals surface area contributed by atoms with Crippen LogP contribution in [0.1, 0.15) is 52.9 Å². The van der Waals surface area contributed by atoms with Crippen molar-refractivity contribution in [1.29, 1.82) is 0 Å². The van der Waals surface area contributed by atoms with Crippen molar-refractivity contribution < 1.29 is 9.00 Å². The molecule has 1 saturated carbocycles. The molecule has 134 valence electrons. The van der Waals surface area contributed by atoms with Crippen molar-refractivity contribution in [3.63, 3.8) is 0 Å². The van der Waals surface area contributed by atoms with E-state index in [2.05, 4.69) is 11.2 Å². The van der Waals surface area contributed by atoms with Gasteiger partial charge in [0.05, 0.1) is 10.6 Å². The quantitative estimate of drug-likeness (QED) is 0.615. The summed E-state index contributed by atoms with van der Waals surface area (Å²) in [6.45, 7) is 5.63. The Kier molecular flexibility index (Phi) is 5.74. The summed E-state index contributed by atoms with van der Waals surface area (Å²) in [5, 5.41) is 4.33. The van der Waals surface area contributed by atoms with Crippen LogP contribution in [-0.2, 0) is 14.3 Å². The van der Waals surface area contributed by atoms with E-state index in [0.717, 1.165) is 12.8 Å². The van der Waals surface area contributed by atoms with Gasteiger partial charge in [0, 0.05) is 30.3 Å². The Morgan fingerprint density at radius 1 is 1.21 bits per heavy atom. The summed E-state index contributed by atoms with van der Waals surface area (Å²) in [5.74, 6) is 0.359. The van der Waals surface area contributed by atoms with Gasteiger partial charge in [-0.1, -0.05) is 46.1 Å². The number of hydrogen-bond donors (Lipinski definition) is 0. The molecule has 0 aromatic carbocycles. The number of nitrogens with zero attached hydrogens (tertiary/aromatic N) is 2. The first kappa shape index (κ1) is 19.0. The van der Waals surface area contributed by atoms with E-state index >= 15 is 0 Å². The zero-order valence-corrected chi connectivity index (χ0v) is 16.4. The van der Waals surface area contributed by atoms with E-state index in [-0.39, 0.29) is 5.78 Å². The van der Waals surface area contributed by atoms with Crippen LogP contribution < -0.4 is 0 Å². The molecule has 24 heavy (non-hydrogen) atoms. The van der Waals surface area contributed by atoms with Crippen LogP contribution in [0.25, 0.3) is 5.70 Å². The van der Waals surface area contributed by atoms with Crippen molar-refractivity contribution in [3.8, 4) is 0 Å². The van der Waals surface area contributed by atoms with Crippen LogP contribution in [0.3, 0.4) is 0 Å². The summed E-state index contributed by atoms with van der Waals surface area (Å²) >= 11 is 0. The summed E-state index contributed by atoms with van der Waals surface area (Å²) < 4.78 is 14.7. The Morgan fingerprint density at radius 3 is 2.29 bits per heavy atom. The smallest absolute Gasteiger partial charge is 0.178 e. The maximum absolute atomic E-state index is 13.1. The molecule has 0 spiro atoms. The van der Waals surface area contributed by atoms with Gasteiger partial charge in [0.15, 0.2) is 5.78 Å². The third kappa shape index (κ3) is 4.59. The Balaban J connectivity index is 2.62. The monoisotopic (exact) mass is 350 g/mol. The van der Waals surface area contributed by atoms with Gasteiger partial charge in [0.25, 0.3) is 0 Å². The molecule has 0 aliphatic heterocycles. The molecule has 1 aromatic heterocycles. The zero-order chi connectivity index (χ0) is 18.0. The van der Waals surface area contributed by atoms with Gasteiger partial charge in [0.2, 0.25) is 0 Å². The van der Waals surface area contributed by atoms with E-state index in [0.29, 0.717) is 16.5 Å². The molecular weight excluding hydrogens is 320 g/mol. The predicted molar refractivity (Wildman–Crippen MR) is 103 cm³/mol. The molecule has 1 fully saturated rings. The molecule has 2 rings (SSSR count). The second-order valence-electron chi connectivity index (χ2n) is 8.04. The molecule has 0 bridgehead atoms. The molecule has 0 amide bonds. The minimum absolute atomic E-state index is 0.0601. The van der Waals surface area contributed by atoms with Crippen LogP contribution >= 0.6 is 0 Å². The average Bonchev–Trinajstić information content (AvgIpc) is 2.99. The standard InChI is InChI=1S/C19H30N2O2S/c1-19(2,3)18(22)17(24(4,5)23)16(21-13-9-12-20-21)14-15-10-7-6-8-11-15/h9,12-15H,6-8,10-11H2,1-5H3/b16-14+. The predicted octanol–water partition coefficient (Wildman–Crippen LogP) is 3.64. The third-order valence-corrected chi connectivity index (χ3v) is 5.78. The fourth-order valence-corrected chi connectivity index (χ4v) is 4.54. The Labute approximate surface area is 146 Å². The highest BCUT2D eigenvalue weighted by molar-refractivity contribution is 8.03. The fourth-order valence-electron chi connectivity index (χ4n) is 3.12. The van der Waals surface area contributed by atoms with Crippen LogP contribution in [-0.4, -0.2) is 37.1 Å². The molecule has 1 aliphatic carbocycles. The van der Waals surface area contributed by atoms with Crippen LogP contribution in [0, 0.1) is 11.3 Å². The maximum Gasteiger partial charge on any atom is 0.178 e. The summed E-state index contributed by atoms with van der Waals surface area (Å²) in [4.78, 5) is 13.5. The first-order valence-electron chi connectivity index (χ1n) is 8.69. The lowest BCUT2D eigenvalue weighted by Gasteiger charge is -2.25. The van der Waals surface area contributed by atoms with Gasteiger partial charge in [0.1, 0.15) is 0 Å². The average molecular weight is 351 g/mol. The lowest BCUT2D eigenvalue weighted by atomic mass is 9.85. The Hall–Kier alpha value is -1.36. The molecule has 1 aromatic rings. The van der Waals surface area contributed by atoms with Crippen molar-refractivity contribution in [2.24, 2.45) is 11.3 Å². The Morgan fingerprint density at radius 2 is 1.83 bits per heavy atom. The summed E-state index contributed by atoms with van der Waals surface area (Å²) in [5.41, 5.74) is 0.129. The Bertz CT molecular complexity index is 716. The molecule has 0 unspecified atom stereocenters. The van der Waals surface area contributed by atoms with Crippen molar-refractivity contribution in [3.05, 3.63) is 24.5 Å². The van der Waals surface area contributed by atoms with Crippen LogP contribution in [0.2, 0.25) is 0 Å². The van der Waals surface area contributed by atoms with Crippen LogP contribution in [0.4, 0.5) is 0 Å². The number of aromatic nitrogens is 2. The number of hydrogen-bond acceptors (Lipinski definition) is 3. The number of allylic oxidation sites excluding steroid dienone is 2. The van der Waals surface area contributed by atoms with E-state index in [4.69, 9.17) is 0 Å². The highest BCUT2D eigenvalue weighted by Crippen LogP contribution is 2.28. The number of carbonyl (C=O) groups excluding carboxylic acids is 1. The van der Waals surface area contributed by atoms with Gasteiger partial charge in [-0.25, -0.2) is 4.68 Å². The van der Waals surface area contributed by atoms with Gasteiger partial charge in [-0.05, 0) is 34.3 Å². The van der Waals surface area contributed by atoms with Crippen LogP contribution in [0.5, 0.6) is 0 Å². The highest BCUT2D eigenvalue weighted by Gasteiger charge is 2.32. The second kappa shape index (κ2) is 7.26. The van der Waals surface area contributed by atoms with Gasteiger partial charge in [-0.2, -0.15) is 5.10 Å². The van der Waals surface area contributed by atoms with Crippen LogP contribution in [0.15, 0.2) is 24.5 Å². The first-order chi connectivity index (χ1) is 11.1. The lowest BCUT2D eigenvalue weighted by Crippen LogP contribution is -2.35. The van der Waals surface area contributed by atoms with Gasteiger partial charge >= 0.3 is 0 Å². The molecule has 0 atom stereocenters. The fraction of sp³-hybridized carbons (Fsp3) is 0.632. The normalized spacial score (nSPS) is 17.8. The van der Waals surface area contributed by atoms with Gasteiger partial charge < -0.3 is 0 Å². The largest absolute Gasteiger partial charge is 0.293 e. The molecular formula is C19H30N2O2S. The molecule has 4 nitrogen and oxygen atoms in total. The van der Waals surface area contributed by atoms with E-state index in [9.17, 15) is 9.00 Å². The maximum atomic E-state index is 13.1. The zero-order valence-electron chi connectivity index (χ0n) is 15.5. The number of ketones is 1. The van der Waals surface area contributed by atoms with E-state index < -0.39 is 14.9 Å². The summed E-state index contributed by atoms with van der Waals surface area (Å²) in [6.07, 6.45) is 14.9. The first-order valence-corrected chi connectivity index (χ1v) is 11.1. The molecule has 0 saturated heterocycles. The molecule has 0 N–H and O–H groups in total. The summed E-state index contributed by atoms with van der Waals surface area (Å²) in [7, 11) is -2.44. The molecule has 1 heterocycles. The van der Waals surface area contributed by atoms with E-state index in [1.54, 1.807) is 23.4 Å². The SMILES string of the molecule is CC(C)(C)C(=O)C(/C(=C\C1CCCCC1)n1cccn1)=S(C)(C)=O. The topological polar surface area (TPSA) is 52.0 Å². The number of Topliss-reactive ketones (excluding diaryl/α,β-unsaturated/α-hetero) is 1. The highest BCUT2D eigenvalue weighted by atomic mass is 32.2. The van der Waals surface area contributed by atoms with Crippen molar-refractivity contribution in [1.82, 2.24) is 9.78 Å². The molecule has 1 aliphatic rings. The van der Waals surface area contributed by atoms with Gasteiger partial charge in [-0.15, -0.1) is 0 Å². The second-order valence-corrected chi connectivity index (χ2v) is 10.9.